The third-order valence-corrected chi connectivity index (χ3v) is 4.10. The highest BCUT2D eigenvalue weighted by Gasteiger charge is 2.24. The van der Waals surface area contributed by atoms with Crippen molar-refractivity contribution in [2.24, 2.45) is 5.11 Å². The van der Waals surface area contributed by atoms with Gasteiger partial charge in [-0.2, -0.15) is 0 Å². The Kier molecular flexibility index (Phi) is 3.71. The highest BCUT2D eigenvalue weighted by atomic mass is 15.1. The van der Waals surface area contributed by atoms with Crippen LogP contribution in [0.2, 0.25) is 0 Å². The zero-order valence-corrected chi connectivity index (χ0v) is 11.3. The lowest BCUT2D eigenvalue weighted by atomic mass is 9.86. The number of fused-ring (bicyclic) bond motifs is 1. The molecule has 2 atom stereocenters. The van der Waals surface area contributed by atoms with Crippen molar-refractivity contribution in [3.63, 3.8) is 0 Å². The van der Waals surface area contributed by atoms with Gasteiger partial charge in [0, 0.05) is 16.9 Å². The van der Waals surface area contributed by atoms with Gasteiger partial charge in [-0.1, -0.05) is 59.7 Å². The minimum atomic E-state index is 0.0811. The van der Waals surface area contributed by atoms with Crippen molar-refractivity contribution in [3.8, 4) is 0 Å². The molecule has 20 heavy (non-hydrogen) atoms. The Hall–Kier alpha value is -2.25. The second kappa shape index (κ2) is 5.81. The number of benzene rings is 2. The molecule has 0 N–H and O–H groups in total. The lowest BCUT2D eigenvalue weighted by molar-refractivity contribution is 0.555. The summed E-state index contributed by atoms with van der Waals surface area (Å²) in [6.45, 7) is 0. The van der Waals surface area contributed by atoms with E-state index in [2.05, 4.69) is 58.6 Å². The molecule has 0 amide bonds. The third-order valence-electron chi connectivity index (χ3n) is 4.10. The van der Waals surface area contributed by atoms with Gasteiger partial charge in [-0.05, 0) is 41.5 Å². The molecule has 3 rings (SSSR count). The molecule has 1 aliphatic carbocycles. The lowest BCUT2D eigenvalue weighted by Gasteiger charge is -2.19. The van der Waals surface area contributed by atoms with Crippen LogP contribution in [-0.4, -0.2) is 6.04 Å². The predicted molar refractivity (Wildman–Crippen MR) is 80.6 cm³/mol. The number of azide groups is 1. The van der Waals surface area contributed by atoms with Crippen LogP contribution in [-0.2, 0) is 6.42 Å². The van der Waals surface area contributed by atoms with E-state index >= 15 is 0 Å². The van der Waals surface area contributed by atoms with Crippen molar-refractivity contribution in [2.75, 3.05) is 0 Å². The molecule has 1 aliphatic rings. The van der Waals surface area contributed by atoms with Crippen molar-refractivity contribution >= 4 is 0 Å². The zero-order chi connectivity index (χ0) is 13.8. The Balaban J connectivity index is 2.05. The molecular weight excluding hydrogens is 246 g/mol. The number of hydrogen-bond acceptors (Lipinski definition) is 1. The van der Waals surface area contributed by atoms with Gasteiger partial charge in [-0.15, -0.1) is 0 Å². The first-order valence-electron chi connectivity index (χ1n) is 7.05. The highest BCUT2D eigenvalue weighted by molar-refractivity contribution is 5.39. The van der Waals surface area contributed by atoms with Crippen LogP contribution in [0.1, 0.15) is 35.4 Å². The molecule has 0 unspecified atom stereocenters. The van der Waals surface area contributed by atoms with Gasteiger partial charge in [0.2, 0.25) is 0 Å². The first-order chi connectivity index (χ1) is 9.88. The normalized spacial score (nSPS) is 21.4. The maximum Gasteiger partial charge on any atom is 0.0386 e. The van der Waals surface area contributed by atoms with Crippen LogP contribution in [0.3, 0.4) is 0 Å². The third kappa shape index (κ3) is 2.54. The Morgan fingerprint density at radius 3 is 2.55 bits per heavy atom. The first kappa shape index (κ1) is 12.8. The van der Waals surface area contributed by atoms with Gasteiger partial charge >= 0.3 is 0 Å². The molecule has 0 saturated heterocycles. The molecule has 2 aromatic rings. The standard InChI is InChI=1S/C17H17N3/c18-20-19-15-11-10-14-8-4-5-9-16(14)17(12-15)13-6-2-1-3-7-13/h1-9,15,17H,10-12H2/t15-,17-/m1/s1. The summed E-state index contributed by atoms with van der Waals surface area (Å²) in [5.41, 5.74) is 12.8. The van der Waals surface area contributed by atoms with Gasteiger partial charge in [-0.25, -0.2) is 0 Å². The average molecular weight is 263 g/mol. The molecule has 0 aliphatic heterocycles. The van der Waals surface area contributed by atoms with E-state index in [1.165, 1.54) is 16.7 Å². The molecular formula is C17H17N3. The van der Waals surface area contributed by atoms with Crippen LogP contribution in [0.25, 0.3) is 10.4 Å². The van der Waals surface area contributed by atoms with Crippen LogP contribution in [0.5, 0.6) is 0 Å². The molecule has 3 heteroatoms. The van der Waals surface area contributed by atoms with Gasteiger partial charge in [0.1, 0.15) is 0 Å². The van der Waals surface area contributed by atoms with Crippen LogP contribution in [0.15, 0.2) is 59.7 Å². The molecule has 0 bridgehead atoms. The van der Waals surface area contributed by atoms with E-state index in [0.717, 1.165) is 19.3 Å². The molecule has 0 radical (unpaired) electrons. The van der Waals surface area contributed by atoms with Gasteiger partial charge in [0.15, 0.2) is 0 Å². The second-order valence-electron chi connectivity index (χ2n) is 5.30. The first-order valence-corrected chi connectivity index (χ1v) is 7.05. The van der Waals surface area contributed by atoms with Crippen LogP contribution >= 0.6 is 0 Å². The lowest BCUT2D eigenvalue weighted by Crippen LogP contribution is -2.09. The van der Waals surface area contributed by atoms with Crippen molar-refractivity contribution in [3.05, 3.63) is 81.7 Å². The summed E-state index contributed by atoms with van der Waals surface area (Å²) < 4.78 is 0. The SMILES string of the molecule is [N-]=[N+]=N[C@@H]1CCc2ccccc2[C@@H](c2ccccc2)C1. The monoisotopic (exact) mass is 263 g/mol. The molecule has 2 aromatic carbocycles. The fraction of sp³-hybridized carbons (Fsp3) is 0.294. The van der Waals surface area contributed by atoms with E-state index in [4.69, 9.17) is 5.53 Å². The van der Waals surface area contributed by atoms with Crippen LogP contribution in [0.4, 0.5) is 0 Å². The molecule has 3 nitrogen and oxygen atoms in total. The highest BCUT2D eigenvalue weighted by Crippen LogP contribution is 2.36. The van der Waals surface area contributed by atoms with Gasteiger partial charge in [-0.3, -0.25) is 0 Å². The Bertz CT molecular complexity index is 630. The maximum atomic E-state index is 8.74. The quantitative estimate of drug-likeness (QED) is 0.322. The summed E-state index contributed by atoms with van der Waals surface area (Å²) in [7, 11) is 0. The maximum absolute atomic E-state index is 8.74. The smallest absolute Gasteiger partial charge is 0.0386 e. The van der Waals surface area contributed by atoms with Crippen molar-refractivity contribution in [1.29, 1.82) is 0 Å². The second-order valence-corrected chi connectivity index (χ2v) is 5.30. The molecule has 100 valence electrons. The predicted octanol–water partition coefficient (Wildman–Crippen LogP) is 4.83. The van der Waals surface area contributed by atoms with Gasteiger partial charge in [0.25, 0.3) is 0 Å². The summed E-state index contributed by atoms with van der Waals surface area (Å²) in [4.78, 5) is 3.02. The van der Waals surface area contributed by atoms with E-state index in [1.54, 1.807) is 0 Å². The molecule has 0 fully saturated rings. The molecule has 0 heterocycles. The number of aryl methyl sites for hydroxylation is 1. The van der Waals surface area contributed by atoms with E-state index < -0.39 is 0 Å². The Morgan fingerprint density at radius 1 is 1.00 bits per heavy atom. The largest absolute Gasteiger partial charge is 0.0906 e. The average Bonchev–Trinajstić information content (AvgIpc) is 2.69. The zero-order valence-electron chi connectivity index (χ0n) is 11.3. The fourth-order valence-corrected chi connectivity index (χ4v) is 3.12. The Morgan fingerprint density at radius 2 is 1.75 bits per heavy atom. The van der Waals surface area contributed by atoms with Crippen molar-refractivity contribution < 1.29 is 0 Å². The van der Waals surface area contributed by atoms with Crippen molar-refractivity contribution in [1.82, 2.24) is 0 Å². The summed E-state index contributed by atoms with van der Waals surface area (Å²) in [5.74, 6) is 0.324. The molecule has 0 aromatic heterocycles. The fourth-order valence-electron chi connectivity index (χ4n) is 3.12. The summed E-state index contributed by atoms with van der Waals surface area (Å²) >= 11 is 0. The summed E-state index contributed by atoms with van der Waals surface area (Å²) in [5, 5.41) is 3.98. The van der Waals surface area contributed by atoms with E-state index in [0.29, 0.717) is 5.92 Å². The topological polar surface area (TPSA) is 48.8 Å². The van der Waals surface area contributed by atoms with E-state index in [-0.39, 0.29) is 6.04 Å². The van der Waals surface area contributed by atoms with E-state index in [1.807, 2.05) is 6.07 Å². The Labute approximate surface area is 118 Å². The molecule has 0 saturated carbocycles. The van der Waals surface area contributed by atoms with Crippen molar-refractivity contribution in [2.45, 2.75) is 31.2 Å². The number of rotatable bonds is 2. The minimum Gasteiger partial charge on any atom is -0.0906 e. The van der Waals surface area contributed by atoms with Crippen LogP contribution < -0.4 is 0 Å². The number of nitrogens with zero attached hydrogens (tertiary/aromatic N) is 3. The number of hydrogen-bond donors (Lipinski definition) is 0. The molecule has 0 spiro atoms. The van der Waals surface area contributed by atoms with E-state index in [9.17, 15) is 0 Å². The van der Waals surface area contributed by atoms with Crippen LogP contribution in [0, 0.1) is 0 Å². The van der Waals surface area contributed by atoms with Gasteiger partial charge in [0.05, 0.1) is 0 Å². The van der Waals surface area contributed by atoms with Gasteiger partial charge < -0.3 is 0 Å². The summed E-state index contributed by atoms with van der Waals surface area (Å²) in [6, 6.07) is 19.2. The minimum absolute atomic E-state index is 0.0811. The summed E-state index contributed by atoms with van der Waals surface area (Å²) in [6.07, 6.45) is 2.82.